The van der Waals surface area contributed by atoms with E-state index < -0.39 is 18.4 Å². The summed E-state index contributed by atoms with van der Waals surface area (Å²) in [6.07, 6.45) is -1.04. The number of amides is 1. The fourth-order valence-corrected chi connectivity index (χ4v) is 3.18. The highest BCUT2D eigenvalue weighted by atomic mass is 19.1. The summed E-state index contributed by atoms with van der Waals surface area (Å²) in [6, 6.07) is 14.8. The van der Waals surface area contributed by atoms with Crippen LogP contribution >= 0.6 is 0 Å². The molecule has 5 nitrogen and oxygen atoms in total. The van der Waals surface area contributed by atoms with E-state index in [0.29, 0.717) is 24.8 Å². The topological polar surface area (TPSA) is 70.0 Å². The molecule has 2 N–H and O–H groups in total. The molecule has 1 amide bonds. The summed E-state index contributed by atoms with van der Waals surface area (Å²) in [5, 5.41) is 20.6. The number of nitrogens with zero attached hydrogens (tertiary/aromatic N) is 1. The quantitative estimate of drug-likeness (QED) is 0.793. The summed E-state index contributed by atoms with van der Waals surface area (Å²) in [6.45, 7) is 0.206. The summed E-state index contributed by atoms with van der Waals surface area (Å²) in [5.74, 6) is -0.351. The molecular weight excluding hydrogens is 337 g/mol. The van der Waals surface area contributed by atoms with Crippen LogP contribution in [0.1, 0.15) is 42.5 Å². The highest BCUT2D eigenvalue weighted by molar-refractivity contribution is 5.70. The maximum Gasteiger partial charge on any atom is 0.412 e. The van der Waals surface area contributed by atoms with Crippen molar-refractivity contribution in [1.29, 1.82) is 0 Å². The van der Waals surface area contributed by atoms with Crippen LogP contribution < -0.4 is 0 Å². The van der Waals surface area contributed by atoms with Crippen molar-refractivity contribution in [2.45, 2.75) is 37.6 Å². The van der Waals surface area contributed by atoms with E-state index in [0.717, 1.165) is 5.56 Å². The second-order valence-electron chi connectivity index (χ2n) is 6.39. The Labute approximate surface area is 151 Å². The normalized spacial score (nSPS) is 19.3. The van der Waals surface area contributed by atoms with Gasteiger partial charge in [-0.1, -0.05) is 42.5 Å². The molecule has 0 aromatic heterocycles. The maximum atomic E-state index is 12.9. The van der Waals surface area contributed by atoms with E-state index >= 15 is 0 Å². The van der Waals surface area contributed by atoms with Crippen molar-refractivity contribution in [2.75, 3.05) is 6.61 Å². The monoisotopic (exact) mass is 359 g/mol. The fourth-order valence-electron chi connectivity index (χ4n) is 3.18. The Hall–Kier alpha value is -2.44. The van der Waals surface area contributed by atoms with Crippen LogP contribution in [0.3, 0.4) is 0 Å². The van der Waals surface area contributed by atoms with Gasteiger partial charge in [-0.3, -0.25) is 4.90 Å². The van der Waals surface area contributed by atoms with Gasteiger partial charge in [-0.05, 0) is 42.5 Å². The number of benzene rings is 2. The minimum absolute atomic E-state index is 0.206. The lowest BCUT2D eigenvalue weighted by molar-refractivity contribution is 0.00889. The Morgan fingerprint density at radius 1 is 1.08 bits per heavy atom. The summed E-state index contributed by atoms with van der Waals surface area (Å²) >= 11 is 0. The second-order valence-corrected chi connectivity index (χ2v) is 6.39. The van der Waals surface area contributed by atoms with Gasteiger partial charge in [-0.25, -0.2) is 9.18 Å². The number of carbonyl (C=O) groups excluding carboxylic acids is 1. The zero-order valence-electron chi connectivity index (χ0n) is 14.3. The molecule has 0 bridgehead atoms. The van der Waals surface area contributed by atoms with E-state index in [1.54, 1.807) is 12.1 Å². The molecule has 138 valence electrons. The molecule has 0 radical (unpaired) electrons. The maximum absolute atomic E-state index is 12.9. The molecule has 1 saturated heterocycles. The molecule has 1 fully saturated rings. The number of carbonyl (C=O) groups is 1. The lowest BCUT2D eigenvalue weighted by Gasteiger charge is -2.27. The average Bonchev–Trinajstić information content (AvgIpc) is 3.04. The van der Waals surface area contributed by atoms with Gasteiger partial charge in [0.15, 0.2) is 0 Å². The Kier molecular flexibility index (Phi) is 5.85. The predicted molar refractivity (Wildman–Crippen MR) is 93.6 cm³/mol. The van der Waals surface area contributed by atoms with Gasteiger partial charge in [0.2, 0.25) is 0 Å². The van der Waals surface area contributed by atoms with Crippen molar-refractivity contribution in [3.8, 4) is 0 Å². The number of ether oxygens (including phenoxy) is 1. The zero-order valence-corrected chi connectivity index (χ0v) is 14.3. The number of cyclic esters (lactones) is 1. The van der Waals surface area contributed by atoms with Gasteiger partial charge in [-0.2, -0.15) is 0 Å². The lowest BCUT2D eigenvalue weighted by Crippen LogP contribution is -2.37. The first-order valence-electron chi connectivity index (χ1n) is 8.68. The number of hydrogen-bond acceptors (Lipinski definition) is 4. The summed E-state index contributed by atoms with van der Waals surface area (Å²) in [5.41, 5.74) is 1.53. The molecule has 0 saturated carbocycles. The van der Waals surface area contributed by atoms with Gasteiger partial charge in [0, 0.05) is 0 Å². The summed E-state index contributed by atoms with van der Waals surface area (Å²) in [7, 11) is 0. The predicted octanol–water partition coefficient (Wildman–Crippen LogP) is 3.54. The van der Waals surface area contributed by atoms with Crippen molar-refractivity contribution in [2.24, 2.45) is 0 Å². The number of aliphatic hydroxyl groups excluding tert-OH is 2. The van der Waals surface area contributed by atoms with Crippen LogP contribution in [0.4, 0.5) is 9.18 Å². The van der Waals surface area contributed by atoms with E-state index in [9.17, 15) is 19.4 Å². The molecule has 1 aliphatic heterocycles. The summed E-state index contributed by atoms with van der Waals surface area (Å²) in [4.78, 5) is 13.4. The van der Waals surface area contributed by atoms with Crippen LogP contribution in [-0.4, -0.2) is 34.0 Å². The molecule has 2 unspecified atom stereocenters. The molecule has 1 aliphatic rings. The number of hydrogen-bond donors (Lipinski definition) is 2. The van der Waals surface area contributed by atoms with Crippen molar-refractivity contribution in [3.05, 3.63) is 71.5 Å². The van der Waals surface area contributed by atoms with Gasteiger partial charge in [0.05, 0.1) is 12.1 Å². The number of rotatable bonds is 7. The fraction of sp³-hybridized carbons (Fsp3) is 0.350. The van der Waals surface area contributed by atoms with Crippen LogP contribution in [0, 0.1) is 5.82 Å². The van der Waals surface area contributed by atoms with E-state index in [1.807, 2.05) is 30.3 Å². The third-order valence-electron chi connectivity index (χ3n) is 4.61. The first kappa shape index (κ1) is 18.4. The molecular formula is C20H22FNO4. The van der Waals surface area contributed by atoms with Gasteiger partial charge in [0.1, 0.15) is 18.7 Å². The van der Waals surface area contributed by atoms with Crippen LogP contribution in [0.2, 0.25) is 0 Å². The molecule has 6 heteroatoms. The van der Waals surface area contributed by atoms with Crippen LogP contribution in [0.25, 0.3) is 0 Å². The Morgan fingerprint density at radius 2 is 1.77 bits per heavy atom. The number of halogens is 1. The Morgan fingerprint density at radius 3 is 2.46 bits per heavy atom. The lowest BCUT2D eigenvalue weighted by atomic mass is 10.0. The minimum atomic E-state index is -0.990. The first-order valence-corrected chi connectivity index (χ1v) is 8.68. The molecule has 2 aromatic rings. The van der Waals surface area contributed by atoms with Gasteiger partial charge >= 0.3 is 6.09 Å². The van der Waals surface area contributed by atoms with Gasteiger partial charge < -0.3 is 14.9 Å². The molecule has 1 heterocycles. The highest BCUT2D eigenvalue weighted by Crippen LogP contribution is 2.31. The summed E-state index contributed by atoms with van der Waals surface area (Å²) < 4.78 is 18.0. The van der Waals surface area contributed by atoms with E-state index in [4.69, 9.17) is 4.74 Å². The largest absolute Gasteiger partial charge is 0.447 e. The van der Waals surface area contributed by atoms with Crippen molar-refractivity contribution < 1.29 is 24.1 Å². The van der Waals surface area contributed by atoms with Crippen molar-refractivity contribution >= 4 is 6.09 Å². The highest BCUT2D eigenvalue weighted by Gasteiger charge is 2.38. The molecule has 26 heavy (non-hydrogen) atoms. The minimum Gasteiger partial charge on any atom is -0.447 e. The smallest absolute Gasteiger partial charge is 0.412 e. The molecule has 2 aromatic carbocycles. The SMILES string of the molecule is O=C1OCC(c2ccccc2)N1C(O)CCC[C@H](O)c1ccc(F)cc1. The third kappa shape index (κ3) is 4.20. The second kappa shape index (κ2) is 8.29. The van der Waals surface area contributed by atoms with E-state index in [1.165, 1.54) is 17.0 Å². The standard InChI is InChI=1S/C20H22FNO4/c21-16-11-9-15(10-12-16)18(23)7-4-8-19(24)22-17(13-26-20(22)25)14-5-2-1-3-6-14/h1-3,5-6,9-12,17-19,23-24H,4,7-8,13H2/t17?,18-,19?/m0/s1. The van der Waals surface area contributed by atoms with Crippen LogP contribution in [-0.2, 0) is 4.74 Å². The van der Waals surface area contributed by atoms with Crippen molar-refractivity contribution in [1.82, 2.24) is 4.90 Å². The van der Waals surface area contributed by atoms with Gasteiger partial charge in [0.25, 0.3) is 0 Å². The Balaban J connectivity index is 1.55. The molecule has 0 aliphatic carbocycles. The Bertz CT molecular complexity index is 722. The van der Waals surface area contributed by atoms with E-state index in [-0.39, 0.29) is 18.5 Å². The zero-order chi connectivity index (χ0) is 18.5. The average molecular weight is 359 g/mol. The van der Waals surface area contributed by atoms with Crippen LogP contribution in [0.15, 0.2) is 54.6 Å². The van der Waals surface area contributed by atoms with E-state index in [2.05, 4.69) is 0 Å². The number of aliphatic hydroxyl groups is 2. The van der Waals surface area contributed by atoms with Crippen LogP contribution in [0.5, 0.6) is 0 Å². The third-order valence-corrected chi connectivity index (χ3v) is 4.61. The van der Waals surface area contributed by atoms with Gasteiger partial charge in [-0.15, -0.1) is 0 Å². The van der Waals surface area contributed by atoms with Crippen molar-refractivity contribution in [3.63, 3.8) is 0 Å². The molecule has 3 rings (SSSR count). The first-order chi connectivity index (χ1) is 12.6. The molecule has 3 atom stereocenters. The molecule has 0 spiro atoms.